The standard InChI is InChI=1S/C25H26FN3O5S/c1-2-34-24-6-4-3-5-23(24)29-15-13-28(14-16-29)19-9-12-22(21(17-19)25(30)31)27-35(32,33)20-10-7-18(26)8-11-20/h3-12,17,27H,2,13-16H2,1H3,(H,30,31). The van der Waals surface area contributed by atoms with Crippen molar-refractivity contribution in [2.75, 3.05) is 47.3 Å². The van der Waals surface area contributed by atoms with Crippen LogP contribution < -0.4 is 19.3 Å². The number of carboxylic acids is 1. The van der Waals surface area contributed by atoms with Crippen molar-refractivity contribution in [2.45, 2.75) is 11.8 Å². The van der Waals surface area contributed by atoms with E-state index in [-0.39, 0.29) is 16.1 Å². The second kappa shape index (κ2) is 10.2. The van der Waals surface area contributed by atoms with Gasteiger partial charge in [0.1, 0.15) is 11.6 Å². The van der Waals surface area contributed by atoms with Gasteiger partial charge in [0.15, 0.2) is 0 Å². The molecule has 3 aromatic rings. The van der Waals surface area contributed by atoms with Crippen LogP contribution in [0, 0.1) is 5.82 Å². The van der Waals surface area contributed by atoms with Gasteiger partial charge in [0.25, 0.3) is 10.0 Å². The van der Waals surface area contributed by atoms with Gasteiger partial charge in [0.2, 0.25) is 0 Å². The molecule has 1 aliphatic rings. The summed E-state index contributed by atoms with van der Waals surface area (Å²) in [5.74, 6) is -0.997. The van der Waals surface area contributed by atoms with Crippen molar-refractivity contribution in [1.82, 2.24) is 0 Å². The molecule has 1 saturated heterocycles. The number of nitrogens with zero attached hydrogens (tertiary/aromatic N) is 2. The van der Waals surface area contributed by atoms with Crippen LogP contribution in [0.2, 0.25) is 0 Å². The van der Waals surface area contributed by atoms with Crippen molar-refractivity contribution in [3.05, 3.63) is 78.1 Å². The van der Waals surface area contributed by atoms with Gasteiger partial charge in [0, 0.05) is 31.9 Å². The number of piperazine rings is 1. The van der Waals surface area contributed by atoms with Crippen molar-refractivity contribution in [3.63, 3.8) is 0 Å². The molecule has 0 aromatic heterocycles. The number of ether oxygens (including phenoxy) is 1. The Morgan fingerprint density at radius 3 is 2.31 bits per heavy atom. The van der Waals surface area contributed by atoms with Gasteiger partial charge in [-0.15, -0.1) is 0 Å². The van der Waals surface area contributed by atoms with Crippen LogP contribution in [0.15, 0.2) is 71.6 Å². The highest BCUT2D eigenvalue weighted by atomic mass is 32.2. The van der Waals surface area contributed by atoms with Crippen LogP contribution in [-0.2, 0) is 10.0 Å². The molecule has 0 spiro atoms. The first-order chi connectivity index (χ1) is 16.8. The summed E-state index contributed by atoms with van der Waals surface area (Å²) in [7, 11) is -4.08. The molecule has 0 unspecified atom stereocenters. The second-order valence-electron chi connectivity index (χ2n) is 7.97. The summed E-state index contributed by atoms with van der Waals surface area (Å²) < 4.78 is 46.5. The minimum atomic E-state index is -4.08. The van der Waals surface area contributed by atoms with Crippen LogP contribution in [0.25, 0.3) is 0 Å². The molecule has 0 aliphatic carbocycles. The summed E-state index contributed by atoms with van der Waals surface area (Å²) in [6.07, 6.45) is 0. The third-order valence-electron chi connectivity index (χ3n) is 5.75. The van der Waals surface area contributed by atoms with Crippen molar-refractivity contribution < 1.29 is 27.4 Å². The number of hydrogen-bond donors (Lipinski definition) is 2. The Morgan fingerprint density at radius 2 is 1.66 bits per heavy atom. The van der Waals surface area contributed by atoms with E-state index in [1.165, 1.54) is 12.1 Å². The van der Waals surface area contributed by atoms with E-state index in [0.717, 1.165) is 35.7 Å². The van der Waals surface area contributed by atoms with E-state index in [9.17, 15) is 22.7 Å². The Hall–Kier alpha value is -3.79. The molecule has 2 N–H and O–H groups in total. The molecule has 10 heteroatoms. The van der Waals surface area contributed by atoms with E-state index < -0.39 is 21.8 Å². The van der Waals surface area contributed by atoms with Crippen LogP contribution in [0.1, 0.15) is 17.3 Å². The Labute approximate surface area is 203 Å². The average molecular weight is 500 g/mol. The maximum absolute atomic E-state index is 13.2. The number of anilines is 3. The highest BCUT2D eigenvalue weighted by Gasteiger charge is 2.23. The Balaban J connectivity index is 1.51. The van der Waals surface area contributed by atoms with E-state index in [1.54, 1.807) is 6.07 Å². The maximum Gasteiger partial charge on any atom is 0.337 e. The van der Waals surface area contributed by atoms with Crippen LogP contribution in [0.5, 0.6) is 5.75 Å². The first-order valence-corrected chi connectivity index (χ1v) is 12.6. The topological polar surface area (TPSA) is 99.2 Å². The minimum Gasteiger partial charge on any atom is -0.492 e. The summed E-state index contributed by atoms with van der Waals surface area (Å²) in [6, 6.07) is 16.8. The first-order valence-electron chi connectivity index (χ1n) is 11.2. The highest BCUT2D eigenvalue weighted by molar-refractivity contribution is 7.92. The van der Waals surface area contributed by atoms with Crippen LogP contribution in [-0.4, -0.2) is 52.3 Å². The van der Waals surface area contributed by atoms with Gasteiger partial charge in [-0.2, -0.15) is 0 Å². The Bertz CT molecular complexity index is 1310. The lowest BCUT2D eigenvalue weighted by molar-refractivity contribution is 0.0698. The molecule has 35 heavy (non-hydrogen) atoms. The molecule has 3 aromatic carbocycles. The molecule has 0 radical (unpaired) electrons. The molecule has 184 valence electrons. The van der Waals surface area contributed by atoms with E-state index in [4.69, 9.17) is 4.74 Å². The third-order valence-corrected chi connectivity index (χ3v) is 7.13. The molecule has 0 saturated carbocycles. The number of aromatic carboxylic acids is 1. The minimum absolute atomic E-state index is 0.0603. The van der Waals surface area contributed by atoms with E-state index in [1.807, 2.05) is 31.2 Å². The van der Waals surface area contributed by atoms with Crippen molar-refractivity contribution in [2.24, 2.45) is 0 Å². The lowest BCUT2D eigenvalue weighted by atomic mass is 10.1. The zero-order chi connectivity index (χ0) is 25.0. The van der Waals surface area contributed by atoms with Gasteiger partial charge in [-0.3, -0.25) is 4.72 Å². The van der Waals surface area contributed by atoms with Gasteiger partial charge >= 0.3 is 5.97 Å². The summed E-state index contributed by atoms with van der Waals surface area (Å²) in [5, 5.41) is 9.74. The van der Waals surface area contributed by atoms with Crippen molar-refractivity contribution in [3.8, 4) is 5.75 Å². The average Bonchev–Trinajstić information content (AvgIpc) is 2.85. The lowest BCUT2D eigenvalue weighted by Gasteiger charge is -2.38. The number of rotatable bonds is 8. The number of carboxylic acid groups (broad SMARTS) is 1. The summed E-state index contributed by atoms with van der Waals surface area (Å²) >= 11 is 0. The van der Waals surface area contributed by atoms with E-state index in [2.05, 4.69) is 14.5 Å². The third kappa shape index (κ3) is 5.48. The number of benzene rings is 3. The zero-order valence-electron chi connectivity index (χ0n) is 19.1. The summed E-state index contributed by atoms with van der Waals surface area (Å²) in [5.41, 5.74) is 1.47. The monoisotopic (exact) mass is 499 g/mol. The normalized spacial score (nSPS) is 14.0. The second-order valence-corrected chi connectivity index (χ2v) is 9.65. The van der Waals surface area contributed by atoms with Gasteiger partial charge in [-0.05, 0) is 61.5 Å². The molecule has 0 amide bonds. The fourth-order valence-electron chi connectivity index (χ4n) is 4.01. The molecule has 1 heterocycles. The number of sulfonamides is 1. The lowest BCUT2D eigenvalue weighted by Crippen LogP contribution is -2.46. The molecular formula is C25H26FN3O5S. The van der Waals surface area contributed by atoms with Crippen molar-refractivity contribution in [1.29, 1.82) is 0 Å². The summed E-state index contributed by atoms with van der Waals surface area (Å²) in [4.78, 5) is 16.1. The summed E-state index contributed by atoms with van der Waals surface area (Å²) in [6.45, 7) is 5.25. The number of carbonyl (C=O) groups is 1. The van der Waals surface area contributed by atoms with Crippen molar-refractivity contribution >= 4 is 33.1 Å². The Morgan fingerprint density at radius 1 is 1.00 bits per heavy atom. The smallest absolute Gasteiger partial charge is 0.337 e. The predicted molar refractivity (Wildman–Crippen MR) is 133 cm³/mol. The SMILES string of the molecule is CCOc1ccccc1N1CCN(c2ccc(NS(=O)(=O)c3ccc(F)cc3)c(C(=O)O)c2)CC1. The number of nitrogens with one attached hydrogen (secondary N) is 1. The molecule has 4 rings (SSSR count). The fourth-order valence-corrected chi connectivity index (χ4v) is 5.09. The number of para-hydroxylation sites is 2. The van der Waals surface area contributed by atoms with Gasteiger partial charge in [-0.1, -0.05) is 12.1 Å². The van der Waals surface area contributed by atoms with Crippen LogP contribution in [0.3, 0.4) is 0 Å². The van der Waals surface area contributed by atoms with Crippen LogP contribution >= 0.6 is 0 Å². The fraction of sp³-hybridized carbons (Fsp3) is 0.240. The van der Waals surface area contributed by atoms with Gasteiger partial charge in [-0.25, -0.2) is 17.6 Å². The molecular weight excluding hydrogens is 473 g/mol. The van der Waals surface area contributed by atoms with Crippen LogP contribution in [0.4, 0.5) is 21.5 Å². The van der Waals surface area contributed by atoms with E-state index in [0.29, 0.717) is 38.5 Å². The number of halogens is 1. The zero-order valence-corrected chi connectivity index (χ0v) is 20.0. The highest BCUT2D eigenvalue weighted by Crippen LogP contribution is 2.31. The van der Waals surface area contributed by atoms with Gasteiger partial charge in [0.05, 0.1) is 28.4 Å². The number of hydrogen-bond acceptors (Lipinski definition) is 6. The molecule has 0 atom stereocenters. The molecule has 0 bridgehead atoms. The molecule has 8 nitrogen and oxygen atoms in total. The maximum atomic E-state index is 13.2. The van der Waals surface area contributed by atoms with Gasteiger partial charge < -0.3 is 19.6 Å². The largest absolute Gasteiger partial charge is 0.492 e. The molecule has 1 aliphatic heterocycles. The van der Waals surface area contributed by atoms with E-state index >= 15 is 0 Å². The predicted octanol–water partition coefficient (Wildman–Crippen LogP) is 4.05. The quantitative estimate of drug-likeness (QED) is 0.482. The molecule has 1 fully saturated rings. The first kappa shape index (κ1) is 24.3. The Kier molecular flexibility index (Phi) is 7.11.